The van der Waals surface area contributed by atoms with E-state index in [0.717, 1.165) is 11.0 Å². The molecule has 1 aromatic heterocycles. The number of H-pyrrole nitrogens is 1. The third kappa shape index (κ3) is 2.47. The van der Waals surface area contributed by atoms with E-state index in [1.807, 2.05) is 0 Å². The van der Waals surface area contributed by atoms with E-state index >= 15 is 0 Å². The molecule has 1 atom stereocenters. The Morgan fingerprint density at radius 3 is 3.14 bits per heavy atom. The van der Waals surface area contributed by atoms with Crippen LogP contribution in [0.4, 0.5) is 0 Å². The lowest BCUT2D eigenvalue weighted by Gasteiger charge is -2.33. The number of carbonyl (C=O) groups is 2. The van der Waals surface area contributed by atoms with Gasteiger partial charge in [-0.25, -0.2) is 9.78 Å². The molecule has 1 aliphatic heterocycles. The van der Waals surface area contributed by atoms with Crippen molar-refractivity contribution in [1.82, 2.24) is 14.9 Å². The lowest BCUT2D eigenvalue weighted by Crippen LogP contribution is -2.53. The predicted octanol–water partition coefficient (Wildman–Crippen LogP) is 0.577. The number of aromatic nitrogens is 2. The summed E-state index contributed by atoms with van der Waals surface area (Å²) in [7, 11) is 1.30. The number of imidazole rings is 1. The third-order valence-corrected chi connectivity index (χ3v) is 3.53. The van der Waals surface area contributed by atoms with Crippen molar-refractivity contribution in [1.29, 1.82) is 0 Å². The maximum absolute atomic E-state index is 12.6. The second-order valence-corrected chi connectivity index (χ2v) is 4.75. The molecule has 7 heteroatoms. The van der Waals surface area contributed by atoms with Crippen LogP contribution in [0.3, 0.4) is 0 Å². The number of rotatable bonds is 2. The van der Waals surface area contributed by atoms with Crippen LogP contribution in [-0.2, 0) is 14.3 Å². The summed E-state index contributed by atoms with van der Waals surface area (Å²) in [6.07, 6.45) is 1.57. The van der Waals surface area contributed by atoms with Gasteiger partial charge in [0.05, 0.1) is 37.7 Å². The van der Waals surface area contributed by atoms with E-state index in [4.69, 9.17) is 9.47 Å². The van der Waals surface area contributed by atoms with Crippen LogP contribution in [-0.4, -0.2) is 59.7 Å². The monoisotopic (exact) mass is 289 g/mol. The number of esters is 1. The van der Waals surface area contributed by atoms with Gasteiger partial charge in [-0.15, -0.1) is 0 Å². The Labute approximate surface area is 120 Å². The number of nitrogens with one attached hydrogen (secondary N) is 1. The fourth-order valence-electron chi connectivity index (χ4n) is 2.41. The van der Waals surface area contributed by atoms with Crippen LogP contribution in [0.15, 0.2) is 24.5 Å². The van der Waals surface area contributed by atoms with E-state index in [1.165, 1.54) is 12.0 Å². The van der Waals surface area contributed by atoms with Gasteiger partial charge in [0, 0.05) is 12.1 Å². The minimum Gasteiger partial charge on any atom is -0.467 e. The average Bonchev–Trinajstić information content (AvgIpc) is 3.01. The summed E-state index contributed by atoms with van der Waals surface area (Å²) in [5.74, 6) is -0.684. The van der Waals surface area contributed by atoms with Crippen molar-refractivity contribution in [3.05, 3.63) is 30.1 Å². The molecule has 0 radical (unpaired) electrons. The first kappa shape index (κ1) is 13.6. The zero-order valence-corrected chi connectivity index (χ0v) is 11.5. The van der Waals surface area contributed by atoms with Gasteiger partial charge in [-0.05, 0) is 18.2 Å². The van der Waals surface area contributed by atoms with E-state index in [0.29, 0.717) is 18.7 Å². The smallest absolute Gasteiger partial charge is 0.331 e. The van der Waals surface area contributed by atoms with Crippen molar-refractivity contribution < 1.29 is 19.1 Å². The number of benzene rings is 1. The summed E-state index contributed by atoms with van der Waals surface area (Å²) in [4.78, 5) is 33.0. The largest absolute Gasteiger partial charge is 0.467 e. The van der Waals surface area contributed by atoms with Crippen LogP contribution in [0, 0.1) is 0 Å². The van der Waals surface area contributed by atoms with Crippen molar-refractivity contribution in [3.63, 3.8) is 0 Å². The maximum atomic E-state index is 12.6. The molecular weight excluding hydrogens is 274 g/mol. The molecule has 7 nitrogen and oxygen atoms in total. The second kappa shape index (κ2) is 5.53. The predicted molar refractivity (Wildman–Crippen MR) is 73.8 cm³/mol. The Hall–Kier alpha value is -2.41. The Kier molecular flexibility index (Phi) is 3.57. The summed E-state index contributed by atoms with van der Waals surface area (Å²) in [5.41, 5.74) is 2.07. The maximum Gasteiger partial charge on any atom is 0.331 e. The lowest BCUT2D eigenvalue weighted by molar-refractivity contribution is -0.151. The van der Waals surface area contributed by atoms with Crippen LogP contribution in [0.5, 0.6) is 0 Å². The van der Waals surface area contributed by atoms with Crippen molar-refractivity contribution in [3.8, 4) is 0 Å². The number of carbonyl (C=O) groups excluding carboxylic acids is 2. The summed E-state index contributed by atoms with van der Waals surface area (Å²) in [5, 5.41) is 0. The van der Waals surface area contributed by atoms with E-state index in [1.54, 1.807) is 24.5 Å². The Morgan fingerprint density at radius 2 is 2.33 bits per heavy atom. The van der Waals surface area contributed by atoms with Crippen molar-refractivity contribution in [2.75, 3.05) is 26.9 Å². The van der Waals surface area contributed by atoms with Crippen molar-refractivity contribution in [2.45, 2.75) is 6.04 Å². The Balaban J connectivity index is 1.89. The summed E-state index contributed by atoms with van der Waals surface area (Å²) in [6.45, 7) is 0.926. The lowest BCUT2D eigenvalue weighted by atomic mass is 10.1. The van der Waals surface area contributed by atoms with Gasteiger partial charge in [-0.1, -0.05) is 0 Å². The third-order valence-electron chi connectivity index (χ3n) is 3.53. The molecule has 3 rings (SSSR count). The average molecular weight is 289 g/mol. The quantitative estimate of drug-likeness (QED) is 0.817. The van der Waals surface area contributed by atoms with Gasteiger partial charge in [-0.3, -0.25) is 4.79 Å². The molecule has 0 aliphatic carbocycles. The highest BCUT2D eigenvalue weighted by Gasteiger charge is 2.34. The summed E-state index contributed by atoms with van der Waals surface area (Å²) in [6, 6.07) is 4.50. The minimum atomic E-state index is -0.700. The number of hydrogen-bond donors (Lipinski definition) is 1. The van der Waals surface area contributed by atoms with E-state index in [9.17, 15) is 9.59 Å². The first-order valence-electron chi connectivity index (χ1n) is 6.60. The van der Waals surface area contributed by atoms with Gasteiger partial charge in [0.25, 0.3) is 5.91 Å². The standard InChI is InChI=1S/C14H15N3O4/c1-20-14(19)12-7-21-5-4-17(12)13(18)9-2-3-10-11(6-9)16-8-15-10/h2-3,6,8,12H,4-5,7H2,1H3,(H,15,16). The molecule has 2 aromatic rings. The number of methoxy groups -OCH3 is 1. The van der Waals surface area contributed by atoms with Crippen molar-refractivity contribution >= 4 is 22.9 Å². The normalized spacial score (nSPS) is 18.7. The molecule has 110 valence electrons. The number of aromatic amines is 1. The molecule has 1 N–H and O–H groups in total. The van der Waals surface area contributed by atoms with E-state index < -0.39 is 12.0 Å². The molecule has 0 saturated carbocycles. The van der Waals surface area contributed by atoms with E-state index in [2.05, 4.69) is 9.97 Å². The molecule has 1 saturated heterocycles. The molecule has 1 aliphatic rings. The SMILES string of the molecule is COC(=O)C1COCCN1C(=O)c1ccc2nc[nH]c2c1. The van der Waals surface area contributed by atoms with Crippen LogP contribution in [0.25, 0.3) is 11.0 Å². The van der Waals surface area contributed by atoms with Crippen molar-refractivity contribution in [2.24, 2.45) is 0 Å². The minimum absolute atomic E-state index is 0.157. The topological polar surface area (TPSA) is 84.5 Å². The number of hydrogen-bond acceptors (Lipinski definition) is 5. The van der Waals surface area contributed by atoms with Crippen LogP contribution >= 0.6 is 0 Å². The Morgan fingerprint density at radius 1 is 1.48 bits per heavy atom. The molecule has 1 aromatic carbocycles. The fraction of sp³-hybridized carbons (Fsp3) is 0.357. The highest BCUT2D eigenvalue weighted by atomic mass is 16.5. The first-order chi connectivity index (χ1) is 10.2. The summed E-state index contributed by atoms with van der Waals surface area (Å²) >= 11 is 0. The molecule has 1 fully saturated rings. The zero-order valence-electron chi connectivity index (χ0n) is 11.5. The molecule has 21 heavy (non-hydrogen) atoms. The van der Waals surface area contributed by atoms with Gasteiger partial charge < -0.3 is 19.4 Å². The summed E-state index contributed by atoms with van der Waals surface area (Å²) < 4.78 is 10.0. The van der Waals surface area contributed by atoms with Crippen LogP contribution in [0.1, 0.15) is 10.4 Å². The molecule has 0 bridgehead atoms. The highest BCUT2D eigenvalue weighted by molar-refractivity contribution is 5.99. The van der Waals surface area contributed by atoms with E-state index in [-0.39, 0.29) is 12.5 Å². The molecule has 1 unspecified atom stereocenters. The number of morpholine rings is 1. The zero-order chi connectivity index (χ0) is 14.8. The molecule has 0 spiro atoms. The van der Waals surface area contributed by atoms with Gasteiger partial charge in [0.2, 0.25) is 0 Å². The van der Waals surface area contributed by atoms with Gasteiger partial charge in [0.15, 0.2) is 6.04 Å². The van der Waals surface area contributed by atoms with Gasteiger partial charge in [0.1, 0.15) is 0 Å². The van der Waals surface area contributed by atoms with Gasteiger partial charge >= 0.3 is 5.97 Å². The van der Waals surface area contributed by atoms with Crippen LogP contribution < -0.4 is 0 Å². The number of amides is 1. The fourth-order valence-corrected chi connectivity index (χ4v) is 2.41. The molecule has 2 heterocycles. The van der Waals surface area contributed by atoms with Gasteiger partial charge in [-0.2, -0.15) is 0 Å². The highest BCUT2D eigenvalue weighted by Crippen LogP contribution is 2.17. The van der Waals surface area contributed by atoms with Crippen LogP contribution in [0.2, 0.25) is 0 Å². The molecular formula is C14H15N3O4. The Bertz CT molecular complexity index is 682. The second-order valence-electron chi connectivity index (χ2n) is 4.75. The number of ether oxygens (including phenoxy) is 2. The first-order valence-corrected chi connectivity index (χ1v) is 6.60. The number of fused-ring (bicyclic) bond motifs is 1. The molecule has 1 amide bonds. The number of nitrogens with zero attached hydrogens (tertiary/aromatic N) is 2.